The summed E-state index contributed by atoms with van der Waals surface area (Å²) in [5, 5.41) is 5.69. The molecule has 1 aliphatic heterocycles. The van der Waals surface area contributed by atoms with Crippen LogP contribution in [0.15, 0.2) is 51.8 Å². The molecule has 2 N–H and O–H groups in total. The van der Waals surface area contributed by atoms with Crippen molar-refractivity contribution < 1.29 is 17.9 Å². The van der Waals surface area contributed by atoms with Gasteiger partial charge in [-0.05, 0) is 89.9 Å². The van der Waals surface area contributed by atoms with Crippen molar-refractivity contribution in [2.75, 3.05) is 25.0 Å². The molecule has 1 amide bonds. The average Bonchev–Trinajstić information content (AvgIpc) is 2.85. The summed E-state index contributed by atoms with van der Waals surface area (Å²) >= 11 is 8.73. The Bertz CT molecular complexity index is 1120. The summed E-state index contributed by atoms with van der Waals surface area (Å²) in [4.78, 5) is 12.9. The smallest absolute Gasteiger partial charge is 0.257 e. The molecule has 0 spiro atoms. The van der Waals surface area contributed by atoms with Crippen LogP contribution in [0.1, 0.15) is 62.2 Å². The maximum atomic E-state index is 12.8. The number of carbonyl (C=O) groups is 1. The Morgan fingerprint density at radius 2 is 1.77 bits per heavy atom. The molecule has 2 aromatic carbocycles. The van der Waals surface area contributed by atoms with Gasteiger partial charge in [0.2, 0.25) is 10.0 Å². The summed E-state index contributed by atoms with van der Waals surface area (Å²) in [6.07, 6.45) is 7.34. The van der Waals surface area contributed by atoms with Crippen LogP contribution in [-0.2, 0) is 10.0 Å². The molecule has 0 saturated carbocycles. The van der Waals surface area contributed by atoms with Crippen molar-refractivity contribution in [3.8, 4) is 5.75 Å². The van der Waals surface area contributed by atoms with E-state index >= 15 is 0 Å². The quantitative estimate of drug-likeness (QED) is 0.276. The van der Waals surface area contributed by atoms with Crippen LogP contribution in [0.25, 0.3) is 0 Å². The highest BCUT2D eigenvalue weighted by molar-refractivity contribution is 9.10. The molecule has 7 nitrogen and oxygen atoms in total. The van der Waals surface area contributed by atoms with Gasteiger partial charge in [-0.1, -0.05) is 32.6 Å². The highest BCUT2D eigenvalue weighted by Gasteiger charge is 2.25. The number of nitrogens with one attached hydrogen (secondary N) is 2. The number of anilines is 1. The van der Waals surface area contributed by atoms with Crippen LogP contribution in [0.5, 0.6) is 5.75 Å². The Kier molecular flexibility index (Phi) is 10.5. The number of unbranched alkanes of at least 4 members (excludes halogenated alkanes) is 3. The van der Waals surface area contributed by atoms with Crippen LogP contribution in [0.3, 0.4) is 0 Å². The van der Waals surface area contributed by atoms with E-state index < -0.39 is 10.0 Å². The van der Waals surface area contributed by atoms with Crippen molar-refractivity contribution in [2.45, 2.75) is 56.8 Å². The Hall–Kier alpha value is -2.01. The first-order valence-electron chi connectivity index (χ1n) is 12.0. The fourth-order valence-electron chi connectivity index (χ4n) is 3.77. The highest BCUT2D eigenvalue weighted by atomic mass is 79.9. The molecule has 1 heterocycles. The second kappa shape index (κ2) is 13.3. The third-order valence-electron chi connectivity index (χ3n) is 5.74. The minimum Gasteiger partial charge on any atom is -0.492 e. The number of amides is 1. The Labute approximate surface area is 221 Å². The molecule has 10 heteroatoms. The van der Waals surface area contributed by atoms with Gasteiger partial charge in [-0.15, -0.1) is 0 Å². The van der Waals surface area contributed by atoms with Crippen LogP contribution < -0.4 is 15.4 Å². The van der Waals surface area contributed by atoms with Gasteiger partial charge in [0.25, 0.3) is 5.91 Å². The third-order valence-corrected chi connectivity index (χ3v) is 8.48. The molecule has 1 fully saturated rings. The van der Waals surface area contributed by atoms with Gasteiger partial charge >= 0.3 is 0 Å². The van der Waals surface area contributed by atoms with Crippen molar-refractivity contribution in [1.29, 1.82) is 0 Å². The van der Waals surface area contributed by atoms with Crippen molar-refractivity contribution in [2.24, 2.45) is 0 Å². The Morgan fingerprint density at radius 3 is 2.43 bits per heavy atom. The molecule has 2 aromatic rings. The number of benzene rings is 2. The van der Waals surface area contributed by atoms with Crippen LogP contribution >= 0.6 is 28.1 Å². The summed E-state index contributed by atoms with van der Waals surface area (Å²) in [6.45, 7) is 3.92. The van der Waals surface area contributed by atoms with E-state index in [4.69, 9.17) is 17.0 Å². The van der Waals surface area contributed by atoms with Crippen molar-refractivity contribution >= 4 is 54.9 Å². The normalized spacial score (nSPS) is 14.3. The molecule has 3 rings (SSSR count). The lowest BCUT2D eigenvalue weighted by Gasteiger charge is -2.25. The number of piperidine rings is 1. The molecule has 0 bridgehead atoms. The first-order valence-corrected chi connectivity index (χ1v) is 14.6. The maximum Gasteiger partial charge on any atom is 0.257 e. The van der Waals surface area contributed by atoms with E-state index in [0.717, 1.165) is 32.1 Å². The molecule has 0 aliphatic carbocycles. The van der Waals surface area contributed by atoms with Crippen molar-refractivity contribution in [3.05, 3.63) is 52.5 Å². The van der Waals surface area contributed by atoms with Gasteiger partial charge in [-0.3, -0.25) is 10.1 Å². The summed E-state index contributed by atoms with van der Waals surface area (Å²) in [5.41, 5.74) is 1.02. The lowest BCUT2D eigenvalue weighted by atomic mass is 10.2. The van der Waals surface area contributed by atoms with E-state index in [1.54, 1.807) is 42.5 Å². The van der Waals surface area contributed by atoms with Gasteiger partial charge in [0, 0.05) is 24.3 Å². The molecular formula is C25H32BrN3O4S2. The maximum absolute atomic E-state index is 12.8. The number of hydrogen-bond acceptors (Lipinski definition) is 5. The summed E-state index contributed by atoms with van der Waals surface area (Å²) < 4.78 is 33.6. The van der Waals surface area contributed by atoms with Gasteiger partial charge in [-0.25, -0.2) is 8.42 Å². The molecule has 0 unspecified atom stereocenters. The summed E-state index contributed by atoms with van der Waals surface area (Å²) in [7, 11) is -3.49. The van der Waals surface area contributed by atoms with Crippen LogP contribution in [0, 0.1) is 0 Å². The number of hydrogen-bond donors (Lipinski definition) is 2. The van der Waals surface area contributed by atoms with Crippen LogP contribution in [0.4, 0.5) is 5.69 Å². The van der Waals surface area contributed by atoms with Gasteiger partial charge in [-0.2, -0.15) is 4.31 Å². The number of sulfonamides is 1. The molecule has 0 aromatic heterocycles. The molecule has 1 aliphatic rings. The monoisotopic (exact) mass is 581 g/mol. The van der Waals surface area contributed by atoms with Gasteiger partial charge < -0.3 is 10.1 Å². The first kappa shape index (κ1) is 27.6. The predicted octanol–water partition coefficient (Wildman–Crippen LogP) is 5.71. The Balaban J connectivity index is 1.52. The highest BCUT2D eigenvalue weighted by Crippen LogP contribution is 2.26. The fourth-order valence-corrected chi connectivity index (χ4v) is 5.99. The van der Waals surface area contributed by atoms with Gasteiger partial charge in [0.1, 0.15) is 5.75 Å². The summed E-state index contributed by atoms with van der Waals surface area (Å²) in [6, 6.07) is 11.5. The SMILES string of the molecule is CCCCCCOc1ccc(C(=O)NC(=S)Nc2ccc(S(=O)(=O)N3CCCCC3)cc2)cc1Br. The zero-order valence-corrected chi connectivity index (χ0v) is 23.1. The van der Waals surface area contributed by atoms with Gasteiger partial charge in [0.15, 0.2) is 5.11 Å². The van der Waals surface area contributed by atoms with E-state index in [0.29, 0.717) is 41.2 Å². The first-order chi connectivity index (χ1) is 16.8. The largest absolute Gasteiger partial charge is 0.492 e. The van der Waals surface area contributed by atoms with Crippen LogP contribution in [-0.4, -0.2) is 43.4 Å². The van der Waals surface area contributed by atoms with Crippen molar-refractivity contribution in [1.82, 2.24) is 9.62 Å². The van der Waals surface area contributed by atoms with E-state index in [1.807, 2.05) is 0 Å². The van der Waals surface area contributed by atoms with E-state index in [1.165, 1.54) is 17.1 Å². The lowest BCUT2D eigenvalue weighted by Crippen LogP contribution is -2.35. The number of halogens is 1. The average molecular weight is 583 g/mol. The molecule has 35 heavy (non-hydrogen) atoms. The zero-order valence-electron chi connectivity index (χ0n) is 19.9. The number of ether oxygens (including phenoxy) is 1. The topological polar surface area (TPSA) is 87.7 Å². The number of nitrogens with zero attached hydrogens (tertiary/aromatic N) is 1. The lowest BCUT2D eigenvalue weighted by molar-refractivity contribution is 0.0977. The number of thiocarbonyl (C=S) groups is 1. The summed E-state index contributed by atoms with van der Waals surface area (Å²) in [5.74, 6) is 0.334. The second-order valence-corrected chi connectivity index (χ2v) is 11.7. The number of carbonyl (C=O) groups excluding carboxylic acids is 1. The molecule has 190 valence electrons. The Morgan fingerprint density at radius 1 is 1.06 bits per heavy atom. The molecule has 0 atom stereocenters. The van der Waals surface area contributed by atoms with Crippen LogP contribution in [0.2, 0.25) is 0 Å². The number of rotatable bonds is 10. The van der Waals surface area contributed by atoms with Crippen molar-refractivity contribution in [3.63, 3.8) is 0 Å². The zero-order chi connectivity index (χ0) is 25.3. The van der Waals surface area contributed by atoms with E-state index in [9.17, 15) is 13.2 Å². The van der Waals surface area contributed by atoms with E-state index in [2.05, 4.69) is 33.5 Å². The predicted molar refractivity (Wildman–Crippen MR) is 147 cm³/mol. The van der Waals surface area contributed by atoms with E-state index in [-0.39, 0.29) is 15.9 Å². The second-order valence-electron chi connectivity index (χ2n) is 8.45. The molecule has 1 saturated heterocycles. The molecule has 0 radical (unpaired) electrons. The minimum absolute atomic E-state index is 0.119. The fraction of sp³-hybridized carbons (Fsp3) is 0.440. The minimum atomic E-state index is -3.49. The standard InChI is InChI=1S/C25H32BrN3O4S2/c1-2-3-4-8-17-33-23-14-9-19(18-22(23)26)24(30)28-25(34)27-20-10-12-21(13-11-20)35(31,32)29-15-6-5-7-16-29/h9-14,18H,2-8,15-17H2,1H3,(H2,27,28,30,34). The molecular weight excluding hydrogens is 550 g/mol. The van der Waals surface area contributed by atoms with Gasteiger partial charge in [0.05, 0.1) is 16.0 Å². The third kappa shape index (κ3) is 7.99.